The molecule has 1 aliphatic heterocycles. The van der Waals surface area contributed by atoms with Gasteiger partial charge in [-0.3, -0.25) is 4.79 Å². The number of rotatable bonds is 1. The summed E-state index contributed by atoms with van der Waals surface area (Å²) in [6.45, 7) is 3.61. The quantitative estimate of drug-likeness (QED) is 0.877. The van der Waals surface area contributed by atoms with Crippen LogP contribution in [0, 0.1) is 6.92 Å². The van der Waals surface area contributed by atoms with Crippen LogP contribution in [-0.2, 0) is 6.54 Å². The first kappa shape index (κ1) is 13.0. The number of hydrogen-bond donors (Lipinski definition) is 1. The van der Waals surface area contributed by atoms with E-state index < -0.39 is 0 Å². The Balaban J connectivity index is 1.86. The molecule has 2 N–H and O–H groups in total. The van der Waals surface area contributed by atoms with Crippen LogP contribution in [0.3, 0.4) is 0 Å². The van der Waals surface area contributed by atoms with Gasteiger partial charge in [0, 0.05) is 22.7 Å². The Morgan fingerprint density at radius 1 is 1.40 bits per heavy atom. The third kappa shape index (κ3) is 2.36. The topological polar surface area (TPSA) is 55.6 Å². The number of ether oxygens (including phenoxy) is 1. The lowest BCUT2D eigenvalue weighted by Crippen LogP contribution is -2.31. The summed E-state index contributed by atoms with van der Waals surface area (Å²) in [5, 5.41) is 0. The zero-order chi connectivity index (χ0) is 14.1. The summed E-state index contributed by atoms with van der Waals surface area (Å²) >= 11 is 1.45. The van der Waals surface area contributed by atoms with Crippen LogP contribution in [0.25, 0.3) is 0 Å². The summed E-state index contributed by atoms with van der Waals surface area (Å²) in [7, 11) is 0. The molecule has 0 atom stereocenters. The Morgan fingerprint density at radius 3 is 2.95 bits per heavy atom. The molecular formula is C15H16N2O2S. The van der Waals surface area contributed by atoms with Gasteiger partial charge in [0.25, 0.3) is 5.91 Å². The molecule has 1 aliphatic rings. The number of nitrogens with two attached hydrogens (primary N) is 1. The van der Waals surface area contributed by atoms with Gasteiger partial charge in [-0.15, -0.1) is 11.3 Å². The van der Waals surface area contributed by atoms with Gasteiger partial charge in [-0.25, -0.2) is 0 Å². The predicted molar refractivity (Wildman–Crippen MR) is 80.1 cm³/mol. The molecular weight excluding hydrogens is 272 g/mol. The van der Waals surface area contributed by atoms with Crippen LogP contribution in [0.5, 0.6) is 5.75 Å². The molecule has 1 amide bonds. The fourth-order valence-electron chi connectivity index (χ4n) is 2.26. The van der Waals surface area contributed by atoms with Gasteiger partial charge < -0.3 is 15.4 Å². The van der Waals surface area contributed by atoms with E-state index in [-0.39, 0.29) is 5.91 Å². The van der Waals surface area contributed by atoms with E-state index in [9.17, 15) is 4.79 Å². The predicted octanol–water partition coefficient (Wildman–Crippen LogP) is 2.67. The SMILES string of the molecule is Cc1sc(C(=O)N2CCOc3ccccc3C2)cc1N. The molecule has 4 nitrogen and oxygen atoms in total. The van der Waals surface area contributed by atoms with E-state index in [0.717, 1.165) is 16.2 Å². The average molecular weight is 288 g/mol. The van der Waals surface area contributed by atoms with E-state index in [0.29, 0.717) is 30.3 Å². The van der Waals surface area contributed by atoms with Crippen molar-refractivity contribution in [1.82, 2.24) is 4.90 Å². The fourth-order valence-corrected chi connectivity index (χ4v) is 3.17. The maximum Gasteiger partial charge on any atom is 0.264 e. The second-order valence-corrected chi connectivity index (χ2v) is 6.06. The molecule has 1 aromatic carbocycles. The molecule has 3 rings (SSSR count). The maximum absolute atomic E-state index is 12.6. The van der Waals surface area contributed by atoms with E-state index in [1.165, 1.54) is 11.3 Å². The molecule has 2 heterocycles. The van der Waals surface area contributed by atoms with Gasteiger partial charge in [0.15, 0.2) is 0 Å². The highest BCUT2D eigenvalue weighted by Crippen LogP contribution is 2.27. The molecule has 0 radical (unpaired) electrons. The number of hydrogen-bond acceptors (Lipinski definition) is 4. The second kappa shape index (κ2) is 5.17. The number of amides is 1. The maximum atomic E-state index is 12.6. The largest absolute Gasteiger partial charge is 0.491 e. The average Bonchev–Trinajstić information content (AvgIpc) is 2.67. The number of fused-ring (bicyclic) bond motifs is 1. The van der Waals surface area contributed by atoms with Crippen molar-refractivity contribution in [3.63, 3.8) is 0 Å². The van der Waals surface area contributed by atoms with Crippen LogP contribution in [0.15, 0.2) is 30.3 Å². The van der Waals surface area contributed by atoms with Crippen LogP contribution < -0.4 is 10.5 Å². The van der Waals surface area contributed by atoms with Gasteiger partial charge in [0.2, 0.25) is 0 Å². The first-order valence-corrected chi connectivity index (χ1v) is 7.32. The molecule has 0 saturated heterocycles. The second-order valence-electron chi connectivity index (χ2n) is 4.81. The van der Waals surface area contributed by atoms with Crippen LogP contribution in [0.1, 0.15) is 20.1 Å². The van der Waals surface area contributed by atoms with E-state index in [2.05, 4.69) is 0 Å². The Bertz CT molecular complexity index is 632. The fraction of sp³-hybridized carbons (Fsp3) is 0.267. The molecule has 1 aromatic heterocycles. The van der Waals surface area contributed by atoms with Crippen LogP contribution in [0.2, 0.25) is 0 Å². The highest BCUT2D eigenvalue weighted by Gasteiger charge is 2.22. The molecule has 0 aliphatic carbocycles. The van der Waals surface area contributed by atoms with Crippen LogP contribution >= 0.6 is 11.3 Å². The smallest absolute Gasteiger partial charge is 0.264 e. The third-order valence-electron chi connectivity index (χ3n) is 3.41. The molecule has 0 fully saturated rings. The molecule has 5 heteroatoms. The minimum absolute atomic E-state index is 0.0232. The summed E-state index contributed by atoms with van der Waals surface area (Å²) in [4.78, 5) is 16.0. The molecule has 0 spiro atoms. The summed E-state index contributed by atoms with van der Waals surface area (Å²) in [5.41, 5.74) is 7.56. The number of benzene rings is 1. The minimum atomic E-state index is 0.0232. The summed E-state index contributed by atoms with van der Waals surface area (Å²) in [5.74, 6) is 0.889. The highest BCUT2D eigenvalue weighted by molar-refractivity contribution is 7.14. The monoisotopic (exact) mass is 288 g/mol. The first-order chi connectivity index (χ1) is 9.65. The number of anilines is 1. The van der Waals surface area contributed by atoms with Gasteiger partial charge in [0.1, 0.15) is 12.4 Å². The lowest BCUT2D eigenvalue weighted by Gasteiger charge is -2.18. The lowest BCUT2D eigenvalue weighted by atomic mass is 10.2. The number of thiophene rings is 1. The number of para-hydroxylation sites is 1. The number of aryl methyl sites for hydroxylation is 1. The van der Waals surface area contributed by atoms with Gasteiger partial charge in [-0.1, -0.05) is 18.2 Å². The van der Waals surface area contributed by atoms with E-state index in [1.54, 1.807) is 6.07 Å². The summed E-state index contributed by atoms with van der Waals surface area (Å²) in [6, 6.07) is 9.61. The highest BCUT2D eigenvalue weighted by atomic mass is 32.1. The molecule has 20 heavy (non-hydrogen) atoms. The Kier molecular flexibility index (Phi) is 3.36. The van der Waals surface area contributed by atoms with Gasteiger partial charge in [-0.2, -0.15) is 0 Å². The molecule has 0 bridgehead atoms. The number of carbonyl (C=O) groups is 1. The lowest BCUT2D eigenvalue weighted by molar-refractivity contribution is 0.0738. The zero-order valence-electron chi connectivity index (χ0n) is 11.3. The molecule has 104 valence electrons. The summed E-state index contributed by atoms with van der Waals surface area (Å²) < 4.78 is 5.68. The van der Waals surface area contributed by atoms with Crippen molar-refractivity contribution >= 4 is 22.9 Å². The Labute approximate surface area is 121 Å². The van der Waals surface area contributed by atoms with Crippen LogP contribution in [-0.4, -0.2) is 24.0 Å². The van der Waals surface area contributed by atoms with E-state index in [4.69, 9.17) is 10.5 Å². The first-order valence-electron chi connectivity index (χ1n) is 6.51. The van der Waals surface area contributed by atoms with Crippen molar-refractivity contribution in [3.8, 4) is 5.75 Å². The molecule has 0 unspecified atom stereocenters. The van der Waals surface area contributed by atoms with Crippen molar-refractivity contribution in [3.05, 3.63) is 45.6 Å². The Morgan fingerprint density at radius 2 is 2.20 bits per heavy atom. The normalized spacial score (nSPS) is 14.3. The van der Waals surface area contributed by atoms with Crippen molar-refractivity contribution < 1.29 is 9.53 Å². The number of carbonyl (C=O) groups excluding carboxylic acids is 1. The Hall–Kier alpha value is -2.01. The standard InChI is InChI=1S/C15H16N2O2S/c1-10-12(16)8-14(20-10)15(18)17-6-7-19-13-5-3-2-4-11(13)9-17/h2-5,8H,6-7,9,16H2,1H3. The summed E-state index contributed by atoms with van der Waals surface area (Å²) in [6.07, 6.45) is 0. The minimum Gasteiger partial charge on any atom is -0.491 e. The van der Waals surface area contributed by atoms with Crippen molar-refractivity contribution in [2.45, 2.75) is 13.5 Å². The number of nitrogen functional groups attached to an aromatic ring is 1. The van der Waals surface area contributed by atoms with Crippen molar-refractivity contribution in [2.75, 3.05) is 18.9 Å². The van der Waals surface area contributed by atoms with Gasteiger partial charge >= 0.3 is 0 Å². The van der Waals surface area contributed by atoms with Crippen LogP contribution in [0.4, 0.5) is 5.69 Å². The van der Waals surface area contributed by atoms with Crippen molar-refractivity contribution in [1.29, 1.82) is 0 Å². The molecule has 2 aromatic rings. The van der Waals surface area contributed by atoms with E-state index in [1.807, 2.05) is 36.1 Å². The van der Waals surface area contributed by atoms with Gasteiger partial charge in [-0.05, 0) is 19.1 Å². The van der Waals surface area contributed by atoms with Crippen molar-refractivity contribution in [2.24, 2.45) is 0 Å². The third-order valence-corrected chi connectivity index (χ3v) is 4.46. The zero-order valence-corrected chi connectivity index (χ0v) is 12.1. The van der Waals surface area contributed by atoms with E-state index >= 15 is 0 Å². The van der Waals surface area contributed by atoms with Gasteiger partial charge in [0.05, 0.1) is 11.4 Å². The number of nitrogens with zero attached hydrogens (tertiary/aromatic N) is 1. The molecule has 0 saturated carbocycles.